The molecule has 0 aliphatic heterocycles. The normalized spacial score (nSPS) is 12.1. The van der Waals surface area contributed by atoms with Crippen molar-refractivity contribution in [2.24, 2.45) is 0 Å². The molecule has 1 atom stereocenters. The van der Waals surface area contributed by atoms with Gasteiger partial charge < -0.3 is 16.0 Å². The molecule has 1 rings (SSSR count). The smallest absolute Gasteiger partial charge is 0.244 e. The highest BCUT2D eigenvalue weighted by Crippen LogP contribution is 2.27. The molecule has 94 valence electrons. The standard InChI is InChI=1S/C10H14Cl2N4O/c1-5(10(17)16(2)3)14-9-7(12)4-6(11)8(13)15-9/h4-5H,1-3H3,(H3,13,14,15). The zero-order valence-corrected chi connectivity index (χ0v) is 11.3. The van der Waals surface area contributed by atoms with Crippen molar-refractivity contribution in [3.8, 4) is 0 Å². The second-order valence-corrected chi connectivity index (χ2v) is 4.60. The third-order valence-corrected chi connectivity index (χ3v) is 2.71. The molecular weight excluding hydrogens is 263 g/mol. The molecule has 0 aliphatic rings. The van der Waals surface area contributed by atoms with Gasteiger partial charge in [0.2, 0.25) is 5.91 Å². The van der Waals surface area contributed by atoms with Crippen molar-refractivity contribution in [1.82, 2.24) is 9.88 Å². The summed E-state index contributed by atoms with van der Waals surface area (Å²) in [6, 6.07) is 1.04. The molecule has 1 aromatic heterocycles. The third kappa shape index (κ3) is 3.38. The van der Waals surface area contributed by atoms with Crippen molar-refractivity contribution < 1.29 is 4.79 Å². The van der Waals surface area contributed by atoms with Crippen molar-refractivity contribution in [1.29, 1.82) is 0 Å². The Labute approximate surface area is 110 Å². The number of hydrogen-bond acceptors (Lipinski definition) is 4. The Morgan fingerprint density at radius 2 is 2.06 bits per heavy atom. The first kappa shape index (κ1) is 13.9. The molecule has 0 spiro atoms. The molecule has 0 aromatic carbocycles. The van der Waals surface area contributed by atoms with Gasteiger partial charge >= 0.3 is 0 Å². The van der Waals surface area contributed by atoms with Crippen molar-refractivity contribution in [3.05, 3.63) is 16.1 Å². The van der Waals surface area contributed by atoms with Crippen LogP contribution in [0.5, 0.6) is 0 Å². The first-order valence-corrected chi connectivity index (χ1v) is 5.67. The van der Waals surface area contributed by atoms with Crippen molar-refractivity contribution in [2.75, 3.05) is 25.1 Å². The minimum Gasteiger partial charge on any atom is -0.382 e. The summed E-state index contributed by atoms with van der Waals surface area (Å²) in [7, 11) is 3.34. The lowest BCUT2D eigenvalue weighted by Crippen LogP contribution is -2.36. The van der Waals surface area contributed by atoms with Crippen LogP contribution in [0, 0.1) is 0 Å². The molecule has 1 heterocycles. The number of nitrogen functional groups attached to an aromatic ring is 1. The lowest BCUT2D eigenvalue weighted by atomic mass is 10.3. The van der Waals surface area contributed by atoms with Crippen LogP contribution in [-0.2, 0) is 4.79 Å². The minimum absolute atomic E-state index is 0.0867. The van der Waals surface area contributed by atoms with E-state index in [1.807, 2.05) is 0 Å². The second-order valence-electron chi connectivity index (χ2n) is 3.78. The number of nitrogens with two attached hydrogens (primary N) is 1. The number of nitrogens with zero attached hydrogens (tertiary/aromatic N) is 2. The molecule has 0 saturated carbocycles. The highest BCUT2D eigenvalue weighted by atomic mass is 35.5. The molecule has 7 heteroatoms. The number of pyridine rings is 1. The fraction of sp³-hybridized carbons (Fsp3) is 0.400. The van der Waals surface area contributed by atoms with Gasteiger partial charge in [-0.3, -0.25) is 4.79 Å². The maximum Gasteiger partial charge on any atom is 0.244 e. The van der Waals surface area contributed by atoms with Gasteiger partial charge in [-0.25, -0.2) is 4.98 Å². The summed E-state index contributed by atoms with van der Waals surface area (Å²) in [5.74, 6) is 0.427. The van der Waals surface area contributed by atoms with Gasteiger partial charge in [-0.05, 0) is 13.0 Å². The van der Waals surface area contributed by atoms with E-state index in [4.69, 9.17) is 28.9 Å². The van der Waals surface area contributed by atoms with E-state index >= 15 is 0 Å². The van der Waals surface area contributed by atoms with Gasteiger partial charge in [-0.2, -0.15) is 0 Å². The average molecular weight is 277 g/mol. The Morgan fingerprint density at radius 3 is 2.59 bits per heavy atom. The van der Waals surface area contributed by atoms with Gasteiger partial charge in [0.25, 0.3) is 0 Å². The SMILES string of the molecule is CC(Nc1nc(N)c(Cl)cc1Cl)C(=O)N(C)C. The highest BCUT2D eigenvalue weighted by Gasteiger charge is 2.17. The minimum atomic E-state index is -0.449. The van der Waals surface area contributed by atoms with Crippen LogP contribution in [0.2, 0.25) is 10.0 Å². The number of carbonyl (C=O) groups excluding carboxylic acids is 1. The zero-order chi connectivity index (χ0) is 13.2. The van der Waals surface area contributed by atoms with E-state index in [2.05, 4.69) is 10.3 Å². The maximum absolute atomic E-state index is 11.6. The van der Waals surface area contributed by atoms with Crippen LogP contribution in [0.25, 0.3) is 0 Å². The van der Waals surface area contributed by atoms with Crippen molar-refractivity contribution >= 4 is 40.7 Å². The van der Waals surface area contributed by atoms with Crippen LogP contribution in [0.15, 0.2) is 6.07 Å². The summed E-state index contributed by atoms with van der Waals surface area (Å²) in [6.45, 7) is 1.71. The summed E-state index contributed by atoms with van der Waals surface area (Å²) in [5.41, 5.74) is 5.56. The lowest BCUT2D eigenvalue weighted by molar-refractivity contribution is -0.129. The number of carbonyl (C=O) groups is 1. The van der Waals surface area contributed by atoms with E-state index in [0.29, 0.717) is 10.8 Å². The molecule has 0 fully saturated rings. The van der Waals surface area contributed by atoms with Gasteiger partial charge in [-0.1, -0.05) is 23.2 Å². The molecule has 0 aliphatic carbocycles. The molecular formula is C10H14Cl2N4O. The van der Waals surface area contributed by atoms with Gasteiger partial charge in [0.1, 0.15) is 17.7 Å². The van der Waals surface area contributed by atoms with Crippen LogP contribution in [0.4, 0.5) is 11.6 Å². The predicted molar refractivity (Wildman–Crippen MR) is 70.4 cm³/mol. The Kier molecular flexibility index (Phi) is 4.42. The van der Waals surface area contributed by atoms with Crippen LogP contribution in [0.1, 0.15) is 6.92 Å². The largest absolute Gasteiger partial charge is 0.382 e. The number of hydrogen-bond donors (Lipinski definition) is 2. The van der Waals surface area contributed by atoms with E-state index in [9.17, 15) is 4.79 Å². The molecule has 1 unspecified atom stereocenters. The van der Waals surface area contributed by atoms with E-state index < -0.39 is 6.04 Å². The Morgan fingerprint density at radius 1 is 1.47 bits per heavy atom. The summed E-state index contributed by atoms with van der Waals surface area (Å²) in [4.78, 5) is 17.1. The summed E-state index contributed by atoms with van der Waals surface area (Å²) < 4.78 is 0. The monoisotopic (exact) mass is 276 g/mol. The van der Waals surface area contributed by atoms with E-state index in [0.717, 1.165) is 0 Å². The van der Waals surface area contributed by atoms with E-state index in [1.165, 1.54) is 11.0 Å². The van der Waals surface area contributed by atoms with E-state index in [-0.39, 0.29) is 16.7 Å². The molecule has 3 N–H and O–H groups in total. The Hall–Kier alpha value is -1.20. The zero-order valence-electron chi connectivity index (χ0n) is 9.79. The Balaban J connectivity index is 2.89. The number of anilines is 2. The van der Waals surface area contributed by atoms with Crippen molar-refractivity contribution in [3.63, 3.8) is 0 Å². The predicted octanol–water partition coefficient (Wildman–Crippen LogP) is 1.86. The maximum atomic E-state index is 11.6. The number of halogens is 2. The van der Waals surface area contributed by atoms with Crippen LogP contribution in [0.3, 0.4) is 0 Å². The topological polar surface area (TPSA) is 71.2 Å². The third-order valence-electron chi connectivity index (χ3n) is 2.12. The molecule has 0 bridgehead atoms. The van der Waals surface area contributed by atoms with Crippen molar-refractivity contribution in [2.45, 2.75) is 13.0 Å². The van der Waals surface area contributed by atoms with Gasteiger partial charge in [0.05, 0.1) is 10.0 Å². The van der Waals surface area contributed by atoms with Gasteiger partial charge in [0, 0.05) is 14.1 Å². The number of likely N-dealkylation sites (N-methyl/N-ethyl adjacent to an activating group) is 1. The molecule has 17 heavy (non-hydrogen) atoms. The van der Waals surface area contributed by atoms with Gasteiger partial charge in [-0.15, -0.1) is 0 Å². The average Bonchev–Trinajstić information content (AvgIpc) is 2.24. The molecule has 0 saturated heterocycles. The fourth-order valence-corrected chi connectivity index (χ4v) is 1.65. The molecule has 1 amide bonds. The number of aromatic nitrogens is 1. The number of nitrogens with one attached hydrogen (secondary N) is 1. The summed E-state index contributed by atoms with van der Waals surface area (Å²) in [6.07, 6.45) is 0. The summed E-state index contributed by atoms with van der Waals surface area (Å²) in [5, 5.41) is 3.49. The van der Waals surface area contributed by atoms with Gasteiger partial charge in [0.15, 0.2) is 0 Å². The number of amides is 1. The fourth-order valence-electron chi connectivity index (χ4n) is 1.24. The molecule has 0 radical (unpaired) electrons. The molecule has 1 aromatic rings. The summed E-state index contributed by atoms with van der Waals surface area (Å²) >= 11 is 11.7. The van der Waals surface area contributed by atoms with Crippen LogP contribution in [-0.4, -0.2) is 35.9 Å². The van der Waals surface area contributed by atoms with E-state index in [1.54, 1.807) is 21.0 Å². The molecule has 5 nitrogen and oxygen atoms in total. The van der Waals surface area contributed by atoms with Crippen LogP contribution < -0.4 is 11.1 Å². The van der Waals surface area contributed by atoms with Crippen LogP contribution >= 0.6 is 23.2 Å². The first-order chi connectivity index (χ1) is 7.82. The second kappa shape index (κ2) is 5.42. The lowest BCUT2D eigenvalue weighted by Gasteiger charge is -2.19. The first-order valence-electron chi connectivity index (χ1n) is 4.92. The Bertz CT molecular complexity index is 437. The highest BCUT2D eigenvalue weighted by molar-refractivity contribution is 6.37. The quantitative estimate of drug-likeness (QED) is 0.884. The number of rotatable bonds is 3.